The number of ether oxygens (including phenoxy) is 1. The second-order valence-electron chi connectivity index (χ2n) is 8.56. The molecule has 0 unspecified atom stereocenters. The molecule has 1 fully saturated rings. The van der Waals surface area contributed by atoms with Crippen molar-refractivity contribution in [1.29, 1.82) is 0 Å². The van der Waals surface area contributed by atoms with Crippen molar-refractivity contribution in [3.05, 3.63) is 73.2 Å². The lowest BCUT2D eigenvalue weighted by Gasteiger charge is -2.11. The standard InChI is InChI=1S/C24H22N6O2.C2HF3O2/c1-32-24-20(5-3-9-26-24)29-23(31)21-10-18(15-30(21)14-16-6-7-16)19-12-27-22(28-13-19)17-4-2-8-25-11-17;3-2(4,5)1(6)7/h2-5,8-13,15-16H,6-7,14H2,1H3,(H,29,31);(H,6,7). The van der Waals surface area contributed by atoms with Crippen molar-refractivity contribution in [2.75, 3.05) is 12.4 Å². The molecule has 4 aromatic rings. The monoisotopic (exact) mass is 540 g/mol. The Balaban J connectivity index is 0.000000448. The van der Waals surface area contributed by atoms with Crippen LogP contribution >= 0.6 is 0 Å². The fraction of sp³-hybridized carbons (Fsp3) is 0.231. The molecule has 0 radical (unpaired) electrons. The highest BCUT2D eigenvalue weighted by molar-refractivity contribution is 6.04. The molecule has 39 heavy (non-hydrogen) atoms. The van der Waals surface area contributed by atoms with Gasteiger partial charge in [0.25, 0.3) is 5.91 Å². The maximum Gasteiger partial charge on any atom is 0.490 e. The number of aromatic nitrogens is 5. The molecule has 4 heterocycles. The van der Waals surface area contributed by atoms with Gasteiger partial charge >= 0.3 is 12.1 Å². The SMILES string of the molecule is COc1ncccc1NC(=O)c1cc(-c2cnc(-c3cccnc3)nc2)cn1CC1CC1.O=C(O)C(F)(F)F. The van der Waals surface area contributed by atoms with E-state index in [4.69, 9.17) is 14.6 Å². The number of carbonyl (C=O) groups is 2. The normalized spacial score (nSPS) is 12.7. The molecule has 0 bridgehead atoms. The molecule has 4 aromatic heterocycles. The molecule has 0 aliphatic heterocycles. The number of alkyl halides is 3. The summed E-state index contributed by atoms with van der Waals surface area (Å²) in [6.45, 7) is 0.807. The predicted octanol–water partition coefficient (Wildman–Crippen LogP) is 4.71. The van der Waals surface area contributed by atoms with Crippen molar-refractivity contribution < 1.29 is 32.6 Å². The number of amides is 1. The van der Waals surface area contributed by atoms with Gasteiger partial charge in [-0.2, -0.15) is 13.2 Å². The summed E-state index contributed by atoms with van der Waals surface area (Å²) in [6.07, 6.45) is 7.91. The maximum atomic E-state index is 13.1. The molecule has 202 valence electrons. The number of methoxy groups -OCH3 is 1. The molecular formula is C26H23F3N6O4. The first-order valence-electron chi connectivity index (χ1n) is 11.7. The van der Waals surface area contributed by atoms with Gasteiger partial charge in [0.15, 0.2) is 5.82 Å². The number of hydrogen-bond acceptors (Lipinski definition) is 7. The van der Waals surface area contributed by atoms with Crippen molar-refractivity contribution in [3.63, 3.8) is 0 Å². The minimum Gasteiger partial charge on any atom is -0.480 e. The van der Waals surface area contributed by atoms with Crippen molar-refractivity contribution in [2.24, 2.45) is 5.92 Å². The molecule has 0 spiro atoms. The van der Waals surface area contributed by atoms with Crippen LogP contribution in [-0.2, 0) is 11.3 Å². The number of carboxylic acid groups (broad SMARTS) is 1. The Morgan fingerprint density at radius 3 is 2.33 bits per heavy atom. The number of rotatable bonds is 7. The van der Waals surface area contributed by atoms with E-state index in [1.165, 1.54) is 20.0 Å². The third-order valence-electron chi connectivity index (χ3n) is 5.64. The van der Waals surface area contributed by atoms with Crippen LogP contribution in [0.2, 0.25) is 0 Å². The summed E-state index contributed by atoms with van der Waals surface area (Å²) in [5, 5.41) is 10.0. The first-order chi connectivity index (χ1) is 18.7. The first-order valence-corrected chi connectivity index (χ1v) is 11.7. The number of hydrogen-bond donors (Lipinski definition) is 2. The van der Waals surface area contributed by atoms with Crippen LogP contribution in [0.25, 0.3) is 22.5 Å². The Labute approximate surface area is 220 Å². The molecule has 13 heteroatoms. The van der Waals surface area contributed by atoms with Gasteiger partial charge in [0.1, 0.15) is 11.4 Å². The van der Waals surface area contributed by atoms with Crippen LogP contribution < -0.4 is 10.1 Å². The molecule has 10 nitrogen and oxygen atoms in total. The van der Waals surface area contributed by atoms with E-state index < -0.39 is 12.1 Å². The highest BCUT2D eigenvalue weighted by atomic mass is 19.4. The summed E-state index contributed by atoms with van der Waals surface area (Å²) in [5.41, 5.74) is 3.71. The van der Waals surface area contributed by atoms with Crippen molar-refractivity contribution >= 4 is 17.6 Å². The van der Waals surface area contributed by atoms with Gasteiger partial charge in [0, 0.05) is 60.4 Å². The second kappa shape index (κ2) is 11.7. The van der Waals surface area contributed by atoms with E-state index in [1.807, 2.05) is 29.0 Å². The first kappa shape index (κ1) is 27.2. The average Bonchev–Trinajstić information content (AvgIpc) is 3.65. The number of nitrogens with one attached hydrogen (secondary N) is 1. The van der Waals surface area contributed by atoms with E-state index >= 15 is 0 Å². The summed E-state index contributed by atoms with van der Waals surface area (Å²) in [5.74, 6) is -1.37. The van der Waals surface area contributed by atoms with Gasteiger partial charge in [0.2, 0.25) is 5.88 Å². The van der Waals surface area contributed by atoms with Crippen LogP contribution in [0.15, 0.2) is 67.5 Å². The van der Waals surface area contributed by atoms with Crippen LogP contribution in [0, 0.1) is 5.92 Å². The van der Waals surface area contributed by atoms with Gasteiger partial charge in [0.05, 0.1) is 7.11 Å². The minimum atomic E-state index is -5.08. The number of carboxylic acids is 1. The van der Waals surface area contributed by atoms with Crippen LogP contribution in [0.5, 0.6) is 5.88 Å². The molecule has 1 aliphatic rings. The summed E-state index contributed by atoms with van der Waals surface area (Å²) < 4.78 is 39.0. The molecule has 5 rings (SSSR count). The molecule has 1 aliphatic carbocycles. The third kappa shape index (κ3) is 7.15. The van der Waals surface area contributed by atoms with E-state index in [1.54, 1.807) is 43.1 Å². The van der Waals surface area contributed by atoms with Crippen LogP contribution in [0.1, 0.15) is 23.3 Å². The van der Waals surface area contributed by atoms with E-state index in [-0.39, 0.29) is 5.91 Å². The Bertz CT molecular complexity index is 1440. The zero-order valence-corrected chi connectivity index (χ0v) is 20.6. The minimum absolute atomic E-state index is 0.212. The van der Waals surface area contributed by atoms with Crippen molar-refractivity contribution in [2.45, 2.75) is 25.6 Å². The largest absolute Gasteiger partial charge is 0.490 e. The predicted molar refractivity (Wildman–Crippen MR) is 134 cm³/mol. The third-order valence-corrected chi connectivity index (χ3v) is 5.64. The fourth-order valence-corrected chi connectivity index (χ4v) is 3.54. The van der Waals surface area contributed by atoms with Gasteiger partial charge in [-0.15, -0.1) is 0 Å². The highest BCUT2D eigenvalue weighted by Crippen LogP contribution is 2.33. The summed E-state index contributed by atoms with van der Waals surface area (Å²) >= 11 is 0. The summed E-state index contributed by atoms with van der Waals surface area (Å²) in [4.78, 5) is 39.3. The molecule has 0 saturated heterocycles. The van der Waals surface area contributed by atoms with Crippen LogP contribution in [0.4, 0.5) is 18.9 Å². The topological polar surface area (TPSA) is 132 Å². The highest BCUT2D eigenvalue weighted by Gasteiger charge is 2.38. The average molecular weight is 541 g/mol. The van der Waals surface area contributed by atoms with Crippen LogP contribution in [0.3, 0.4) is 0 Å². The Morgan fingerprint density at radius 2 is 1.74 bits per heavy atom. The van der Waals surface area contributed by atoms with Crippen molar-refractivity contribution in [3.8, 4) is 28.4 Å². The van der Waals surface area contributed by atoms with Gasteiger partial charge in [-0.05, 0) is 49.1 Å². The lowest BCUT2D eigenvalue weighted by Crippen LogP contribution is -2.21. The van der Waals surface area contributed by atoms with Gasteiger partial charge in [-0.25, -0.2) is 19.7 Å². The molecule has 1 amide bonds. The number of aliphatic carboxylic acids is 1. The van der Waals surface area contributed by atoms with Gasteiger partial charge in [-0.1, -0.05) is 0 Å². The lowest BCUT2D eigenvalue weighted by atomic mass is 10.1. The number of anilines is 1. The second-order valence-corrected chi connectivity index (χ2v) is 8.56. The van der Waals surface area contributed by atoms with Gasteiger partial charge < -0.3 is 19.7 Å². The Hall–Kier alpha value is -4.81. The molecule has 1 saturated carbocycles. The molecule has 0 atom stereocenters. The number of pyridine rings is 2. The molecule has 2 N–H and O–H groups in total. The lowest BCUT2D eigenvalue weighted by molar-refractivity contribution is -0.192. The Kier molecular flexibility index (Phi) is 8.18. The Morgan fingerprint density at radius 1 is 1.05 bits per heavy atom. The zero-order chi connectivity index (χ0) is 28.0. The molecular weight excluding hydrogens is 517 g/mol. The van der Waals surface area contributed by atoms with E-state index in [9.17, 15) is 18.0 Å². The smallest absolute Gasteiger partial charge is 0.480 e. The zero-order valence-electron chi connectivity index (χ0n) is 20.6. The fourth-order valence-electron chi connectivity index (χ4n) is 3.54. The number of nitrogens with zero attached hydrogens (tertiary/aromatic N) is 5. The summed E-state index contributed by atoms with van der Waals surface area (Å²) in [6, 6.07) is 9.18. The quantitative estimate of drug-likeness (QED) is 0.345. The van der Waals surface area contributed by atoms with E-state index in [0.717, 1.165) is 23.2 Å². The number of halogens is 3. The summed E-state index contributed by atoms with van der Waals surface area (Å²) in [7, 11) is 1.53. The number of carbonyl (C=O) groups excluding carboxylic acids is 1. The van der Waals surface area contributed by atoms with Crippen LogP contribution in [-0.4, -0.2) is 54.8 Å². The van der Waals surface area contributed by atoms with E-state index in [0.29, 0.717) is 29.0 Å². The van der Waals surface area contributed by atoms with Gasteiger partial charge in [-0.3, -0.25) is 9.78 Å². The van der Waals surface area contributed by atoms with E-state index in [2.05, 4.69) is 25.3 Å². The maximum absolute atomic E-state index is 13.1. The molecule has 0 aromatic carbocycles. The van der Waals surface area contributed by atoms with Crippen molar-refractivity contribution in [1.82, 2.24) is 24.5 Å².